The molecule has 32 heavy (non-hydrogen) atoms. The Morgan fingerprint density at radius 3 is 2.09 bits per heavy atom. The molecule has 0 bridgehead atoms. The lowest BCUT2D eigenvalue weighted by Gasteiger charge is -2.13. The minimum Gasteiger partial charge on any atom is -0.468 e. The summed E-state index contributed by atoms with van der Waals surface area (Å²) in [4.78, 5) is 25.1. The maximum atomic E-state index is 12.1. The number of aromatic nitrogens is 1. The van der Waals surface area contributed by atoms with E-state index in [1.54, 1.807) is 0 Å². The fourth-order valence-electron chi connectivity index (χ4n) is 3.79. The SMILES string of the molecule is COC(=O)C1(c2ccc(-c3ccc(-c4snc(C)c4NC(=O)OC(C)C)cc3)cc2)CC1. The van der Waals surface area contributed by atoms with Crippen LogP contribution in [0.25, 0.3) is 21.6 Å². The Morgan fingerprint density at radius 2 is 1.56 bits per heavy atom. The van der Waals surface area contributed by atoms with Crippen LogP contribution in [0.5, 0.6) is 0 Å². The quantitative estimate of drug-likeness (QED) is 0.470. The van der Waals surface area contributed by atoms with E-state index in [1.165, 1.54) is 18.6 Å². The smallest absolute Gasteiger partial charge is 0.411 e. The molecule has 166 valence electrons. The summed E-state index contributed by atoms with van der Waals surface area (Å²) in [5.41, 5.74) is 5.09. The first-order chi connectivity index (χ1) is 15.3. The number of carbonyl (C=O) groups excluding carboxylic acids is 2. The largest absolute Gasteiger partial charge is 0.468 e. The minimum absolute atomic E-state index is 0.156. The highest BCUT2D eigenvalue weighted by Gasteiger charge is 2.52. The fraction of sp³-hybridized carbons (Fsp3) is 0.320. The number of nitrogens with one attached hydrogen (secondary N) is 1. The highest BCUT2D eigenvalue weighted by molar-refractivity contribution is 7.10. The van der Waals surface area contributed by atoms with E-state index < -0.39 is 11.5 Å². The number of esters is 1. The zero-order valence-corrected chi connectivity index (χ0v) is 19.4. The number of benzene rings is 2. The predicted octanol–water partition coefficient (Wildman–Crippen LogP) is 5.95. The molecule has 0 saturated heterocycles. The molecule has 6 nitrogen and oxygen atoms in total. The van der Waals surface area contributed by atoms with Crippen LogP contribution < -0.4 is 5.32 Å². The predicted molar refractivity (Wildman–Crippen MR) is 126 cm³/mol. The van der Waals surface area contributed by atoms with Crippen LogP contribution in [0.3, 0.4) is 0 Å². The Bertz CT molecular complexity index is 1130. The van der Waals surface area contributed by atoms with Crippen molar-refractivity contribution in [3.05, 3.63) is 59.8 Å². The lowest BCUT2D eigenvalue weighted by molar-refractivity contribution is -0.143. The summed E-state index contributed by atoms with van der Waals surface area (Å²) in [5, 5.41) is 2.82. The molecule has 0 aliphatic heterocycles. The van der Waals surface area contributed by atoms with Crippen molar-refractivity contribution in [2.24, 2.45) is 0 Å². The van der Waals surface area contributed by atoms with Gasteiger partial charge in [-0.25, -0.2) is 4.79 Å². The van der Waals surface area contributed by atoms with Crippen molar-refractivity contribution in [3.63, 3.8) is 0 Å². The van der Waals surface area contributed by atoms with Crippen LogP contribution in [-0.4, -0.2) is 29.6 Å². The summed E-state index contributed by atoms with van der Waals surface area (Å²) >= 11 is 1.34. The molecule has 3 aromatic rings. The van der Waals surface area contributed by atoms with Crippen LogP contribution in [-0.2, 0) is 19.7 Å². The van der Waals surface area contributed by atoms with E-state index >= 15 is 0 Å². The van der Waals surface area contributed by atoms with Crippen molar-refractivity contribution in [2.75, 3.05) is 12.4 Å². The van der Waals surface area contributed by atoms with E-state index in [0.29, 0.717) is 5.69 Å². The van der Waals surface area contributed by atoms with Gasteiger partial charge in [-0.15, -0.1) is 0 Å². The van der Waals surface area contributed by atoms with Crippen LogP contribution in [0.1, 0.15) is 37.9 Å². The topological polar surface area (TPSA) is 77.5 Å². The van der Waals surface area contributed by atoms with Gasteiger partial charge in [0.25, 0.3) is 0 Å². The van der Waals surface area contributed by atoms with Crippen LogP contribution in [0.2, 0.25) is 0 Å². The fourth-order valence-corrected chi connectivity index (χ4v) is 4.64. The summed E-state index contributed by atoms with van der Waals surface area (Å²) in [6.07, 6.45) is 0.992. The van der Waals surface area contributed by atoms with Crippen molar-refractivity contribution in [1.29, 1.82) is 0 Å². The average Bonchev–Trinajstić information content (AvgIpc) is 3.52. The van der Waals surface area contributed by atoms with E-state index in [-0.39, 0.29) is 12.1 Å². The number of carbonyl (C=O) groups is 2. The monoisotopic (exact) mass is 450 g/mol. The van der Waals surface area contributed by atoms with Gasteiger partial charge in [0.15, 0.2) is 0 Å². The highest BCUT2D eigenvalue weighted by Crippen LogP contribution is 2.49. The number of hydrogen-bond donors (Lipinski definition) is 1. The van der Waals surface area contributed by atoms with Gasteiger partial charge in [0.1, 0.15) is 0 Å². The molecule has 0 unspecified atom stereocenters. The molecular weight excluding hydrogens is 424 g/mol. The molecule has 0 spiro atoms. The third kappa shape index (κ3) is 4.25. The summed E-state index contributed by atoms with van der Waals surface area (Å²) in [6, 6.07) is 16.2. The molecule has 0 radical (unpaired) electrons. The second kappa shape index (κ2) is 8.74. The summed E-state index contributed by atoms with van der Waals surface area (Å²) < 4.78 is 14.6. The zero-order valence-electron chi connectivity index (χ0n) is 18.6. The van der Waals surface area contributed by atoms with E-state index in [0.717, 1.165) is 45.7 Å². The van der Waals surface area contributed by atoms with Crippen molar-refractivity contribution < 1.29 is 19.1 Å². The molecular formula is C25H26N2O4S. The molecule has 4 rings (SSSR count). The Balaban J connectivity index is 1.53. The van der Waals surface area contributed by atoms with Crippen molar-refractivity contribution >= 4 is 29.3 Å². The van der Waals surface area contributed by atoms with Gasteiger partial charge in [-0.2, -0.15) is 4.37 Å². The van der Waals surface area contributed by atoms with Gasteiger partial charge in [0.2, 0.25) is 0 Å². The lowest BCUT2D eigenvalue weighted by atomic mass is 9.93. The third-order valence-electron chi connectivity index (χ3n) is 5.68. The molecule has 1 saturated carbocycles. The number of hydrogen-bond acceptors (Lipinski definition) is 6. The van der Waals surface area contributed by atoms with Crippen molar-refractivity contribution in [1.82, 2.24) is 4.37 Å². The molecule has 2 aromatic carbocycles. The zero-order chi connectivity index (χ0) is 22.9. The molecule has 1 amide bonds. The molecule has 1 aromatic heterocycles. The number of aryl methyl sites for hydroxylation is 1. The van der Waals surface area contributed by atoms with E-state index in [9.17, 15) is 9.59 Å². The van der Waals surface area contributed by atoms with E-state index in [4.69, 9.17) is 9.47 Å². The molecule has 1 heterocycles. The van der Waals surface area contributed by atoms with Crippen LogP contribution in [0.15, 0.2) is 48.5 Å². The standard InChI is InChI=1S/C25H26N2O4S/c1-15(2)31-24(29)26-21-16(3)27-32-22(21)19-7-5-17(6-8-19)18-9-11-20(12-10-18)25(13-14-25)23(28)30-4/h5-12,15H,13-14H2,1-4H3,(H,26,29). The van der Waals surface area contributed by atoms with Gasteiger partial charge >= 0.3 is 12.1 Å². The Morgan fingerprint density at radius 1 is 1.00 bits per heavy atom. The Hall–Kier alpha value is -3.19. The molecule has 1 N–H and O–H groups in total. The first kappa shape index (κ1) is 22.0. The summed E-state index contributed by atoms with van der Waals surface area (Å²) in [6.45, 7) is 5.48. The van der Waals surface area contributed by atoms with E-state index in [2.05, 4.69) is 9.69 Å². The van der Waals surface area contributed by atoms with Gasteiger partial charge in [-0.1, -0.05) is 48.5 Å². The average molecular weight is 451 g/mol. The van der Waals surface area contributed by atoms with Crippen LogP contribution >= 0.6 is 11.5 Å². The van der Waals surface area contributed by atoms with Gasteiger partial charge in [-0.05, 0) is 67.4 Å². The summed E-state index contributed by atoms with van der Waals surface area (Å²) in [5.74, 6) is -0.156. The van der Waals surface area contributed by atoms with Crippen LogP contribution in [0.4, 0.5) is 10.5 Å². The second-order valence-electron chi connectivity index (χ2n) is 8.28. The minimum atomic E-state index is -0.485. The van der Waals surface area contributed by atoms with Gasteiger partial charge < -0.3 is 9.47 Å². The molecule has 7 heteroatoms. The summed E-state index contributed by atoms with van der Waals surface area (Å²) in [7, 11) is 1.44. The number of nitrogens with zero attached hydrogens (tertiary/aromatic N) is 1. The third-order valence-corrected chi connectivity index (χ3v) is 6.66. The van der Waals surface area contributed by atoms with Crippen molar-refractivity contribution in [2.45, 2.75) is 45.1 Å². The molecule has 1 fully saturated rings. The first-order valence-corrected chi connectivity index (χ1v) is 11.3. The molecule has 1 aliphatic rings. The van der Waals surface area contributed by atoms with Crippen molar-refractivity contribution in [3.8, 4) is 21.6 Å². The number of amides is 1. The number of ether oxygens (including phenoxy) is 2. The number of methoxy groups -OCH3 is 1. The Kier molecular flexibility index (Phi) is 6.02. The normalized spacial score (nSPS) is 14.2. The molecule has 0 atom stereocenters. The highest BCUT2D eigenvalue weighted by atomic mass is 32.1. The molecule has 1 aliphatic carbocycles. The first-order valence-electron chi connectivity index (χ1n) is 10.6. The van der Waals surface area contributed by atoms with E-state index in [1.807, 2.05) is 69.3 Å². The maximum Gasteiger partial charge on any atom is 0.411 e. The number of anilines is 1. The van der Waals surface area contributed by atoms with Crippen LogP contribution in [0, 0.1) is 6.92 Å². The lowest BCUT2D eigenvalue weighted by Crippen LogP contribution is -2.21. The number of rotatable bonds is 6. The Labute approximate surface area is 191 Å². The van der Waals surface area contributed by atoms with Gasteiger partial charge in [-0.3, -0.25) is 10.1 Å². The second-order valence-corrected chi connectivity index (χ2v) is 9.05. The maximum absolute atomic E-state index is 12.1. The van der Waals surface area contributed by atoms with Gasteiger partial charge in [0.05, 0.1) is 34.9 Å². The van der Waals surface area contributed by atoms with Gasteiger partial charge in [0, 0.05) is 0 Å².